The van der Waals surface area contributed by atoms with E-state index in [-0.39, 0.29) is 5.97 Å². The van der Waals surface area contributed by atoms with Gasteiger partial charge in [0.1, 0.15) is 11.5 Å². The van der Waals surface area contributed by atoms with Crippen molar-refractivity contribution in [3.8, 4) is 0 Å². The highest BCUT2D eigenvalue weighted by Crippen LogP contribution is 2.17. The first-order chi connectivity index (χ1) is 12.1. The number of sulfonamides is 1. The van der Waals surface area contributed by atoms with Gasteiger partial charge in [-0.25, -0.2) is 13.2 Å². The molecule has 25 heavy (non-hydrogen) atoms. The molecular weight excluding hydrogens is 360 g/mol. The van der Waals surface area contributed by atoms with Crippen molar-refractivity contribution in [1.82, 2.24) is 9.21 Å². The van der Waals surface area contributed by atoms with Crippen molar-refractivity contribution < 1.29 is 17.9 Å². The fourth-order valence-electron chi connectivity index (χ4n) is 2.67. The molecule has 1 aromatic heterocycles. The molecule has 1 aliphatic rings. The maximum absolute atomic E-state index is 12.6. The molecule has 2 heterocycles. The van der Waals surface area contributed by atoms with Crippen LogP contribution in [0.4, 0.5) is 0 Å². The number of carbonyl (C=O) groups excluding carboxylic acids is 1. The summed E-state index contributed by atoms with van der Waals surface area (Å²) in [5.41, 5.74) is 0. The molecule has 2 aromatic rings. The molecule has 0 saturated carbocycles. The number of ether oxygens (including phenoxy) is 1. The molecule has 0 amide bonds. The molecular formula is C17H20N2O4S2. The Morgan fingerprint density at radius 3 is 2.40 bits per heavy atom. The van der Waals surface area contributed by atoms with Crippen molar-refractivity contribution in [2.45, 2.75) is 4.90 Å². The minimum absolute atomic E-state index is 0.305. The van der Waals surface area contributed by atoms with E-state index in [4.69, 9.17) is 4.74 Å². The number of hydrogen-bond acceptors (Lipinski definition) is 6. The number of nitrogens with zero attached hydrogens (tertiary/aromatic N) is 2. The van der Waals surface area contributed by atoms with Gasteiger partial charge in [0.2, 0.25) is 10.0 Å². The van der Waals surface area contributed by atoms with E-state index in [9.17, 15) is 13.2 Å². The Balaban J connectivity index is 1.45. The summed E-state index contributed by atoms with van der Waals surface area (Å²) in [4.78, 5) is 14.8. The first-order valence-corrected chi connectivity index (χ1v) is 10.4. The molecule has 6 nitrogen and oxygen atoms in total. The van der Waals surface area contributed by atoms with E-state index in [1.165, 1.54) is 15.6 Å². The summed E-state index contributed by atoms with van der Waals surface area (Å²) in [6.07, 6.45) is 0. The maximum Gasteiger partial charge on any atom is 0.348 e. The summed E-state index contributed by atoms with van der Waals surface area (Å²) in [7, 11) is -3.43. The Morgan fingerprint density at radius 2 is 1.76 bits per heavy atom. The number of esters is 1. The van der Waals surface area contributed by atoms with Crippen molar-refractivity contribution in [2.75, 3.05) is 39.3 Å². The summed E-state index contributed by atoms with van der Waals surface area (Å²) in [5, 5.41) is 1.84. The lowest BCUT2D eigenvalue weighted by atomic mass is 10.3. The van der Waals surface area contributed by atoms with Gasteiger partial charge in [0, 0.05) is 32.7 Å². The van der Waals surface area contributed by atoms with Crippen molar-refractivity contribution in [2.24, 2.45) is 0 Å². The second-order valence-corrected chi connectivity index (χ2v) is 8.56. The van der Waals surface area contributed by atoms with Crippen LogP contribution >= 0.6 is 11.3 Å². The van der Waals surface area contributed by atoms with Crippen LogP contribution in [0.25, 0.3) is 0 Å². The van der Waals surface area contributed by atoms with Crippen LogP contribution in [0.2, 0.25) is 0 Å². The van der Waals surface area contributed by atoms with E-state index in [0.717, 1.165) is 0 Å². The third-order valence-corrected chi connectivity index (χ3v) is 6.84. The number of carbonyl (C=O) groups is 1. The molecule has 1 fully saturated rings. The van der Waals surface area contributed by atoms with E-state index in [2.05, 4.69) is 4.90 Å². The standard InChI is InChI=1S/C17H20N2O4S2/c20-17(16-7-4-14-24-16)23-13-12-18-8-10-19(11-9-18)25(21,22)15-5-2-1-3-6-15/h1-7,14H,8-13H2. The first kappa shape index (κ1) is 18.1. The van der Waals surface area contributed by atoms with Gasteiger partial charge >= 0.3 is 5.97 Å². The maximum atomic E-state index is 12.6. The molecule has 0 N–H and O–H groups in total. The van der Waals surface area contributed by atoms with Crippen LogP contribution in [0, 0.1) is 0 Å². The van der Waals surface area contributed by atoms with Gasteiger partial charge in [0.25, 0.3) is 0 Å². The van der Waals surface area contributed by atoms with Gasteiger partial charge in [-0.15, -0.1) is 11.3 Å². The minimum atomic E-state index is -3.43. The molecule has 0 radical (unpaired) electrons. The predicted octanol–water partition coefficient (Wildman–Crippen LogP) is 1.91. The van der Waals surface area contributed by atoms with Gasteiger partial charge in [-0.1, -0.05) is 24.3 Å². The molecule has 1 aromatic carbocycles. The largest absolute Gasteiger partial charge is 0.460 e. The van der Waals surface area contributed by atoms with Crippen molar-refractivity contribution in [1.29, 1.82) is 0 Å². The molecule has 0 spiro atoms. The SMILES string of the molecule is O=C(OCCN1CCN(S(=O)(=O)c2ccccc2)CC1)c1cccs1. The van der Waals surface area contributed by atoms with E-state index >= 15 is 0 Å². The minimum Gasteiger partial charge on any atom is -0.460 e. The molecule has 134 valence electrons. The van der Waals surface area contributed by atoms with Gasteiger partial charge < -0.3 is 4.74 Å². The van der Waals surface area contributed by atoms with Gasteiger partial charge in [-0.2, -0.15) is 4.31 Å². The van der Waals surface area contributed by atoms with Crippen LogP contribution in [0.1, 0.15) is 9.67 Å². The Labute approximate surface area is 151 Å². The van der Waals surface area contributed by atoms with Crippen LogP contribution in [-0.2, 0) is 14.8 Å². The Morgan fingerprint density at radius 1 is 1.04 bits per heavy atom. The summed E-state index contributed by atoms with van der Waals surface area (Å²) in [5.74, 6) is -0.305. The lowest BCUT2D eigenvalue weighted by Crippen LogP contribution is -2.49. The van der Waals surface area contributed by atoms with Crippen LogP contribution in [-0.4, -0.2) is 62.9 Å². The topological polar surface area (TPSA) is 66.9 Å². The highest BCUT2D eigenvalue weighted by molar-refractivity contribution is 7.89. The van der Waals surface area contributed by atoms with Gasteiger partial charge in [-0.05, 0) is 23.6 Å². The average molecular weight is 380 g/mol. The first-order valence-electron chi connectivity index (χ1n) is 8.05. The summed E-state index contributed by atoms with van der Waals surface area (Å²) in [6.45, 7) is 3.05. The average Bonchev–Trinajstić information content (AvgIpc) is 3.18. The van der Waals surface area contributed by atoms with Crippen LogP contribution < -0.4 is 0 Å². The fraction of sp³-hybridized carbons (Fsp3) is 0.353. The Bertz CT molecular complexity index is 783. The molecule has 0 bridgehead atoms. The zero-order valence-electron chi connectivity index (χ0n) is 13.7. The fourth-order valence-corrected chi connectivity index (χ4v) is 4.73. The third kappa shape index (κ3) is 4.46. The molecule has 0 aliphatic carbocycles. The number of rotatable bonds is 6. The normalized spacial score (nSPS) is 16.6. The van der Waals surface area contributed by atoms with E-state index in [0.29, 0.717) is 49.1 Å². The van der Waals surface area contributed by atoms with Crippen molar-refractivity contribution in [3.63, 3.8) is 0 Å². The van der Waals surface area contributed by atoms with Gasteiger partial charge in [-0.3, -0.25) is 4.90 Å². The van der Waals surface area contributed by atoms with Crippen molar-refractivity contribution >= 4 is 27.3 Å². The smallest absolute Gasteiger partial charge is 0.348 e. The van der Waals surface area contributed by atoms with E-state index in [1.54, 1.807) is 36.4 Å². The number of hydrogen-bond donors (Lipinski definition) is 0. The summed E-state index contributed by atoms with van der Waals surface area (Å²) < 4.78 is 31.9. The highest BCUT2D eigenvalue weighted by Gasteiger charge is 2.28. The zero-order valence-corrected chi connectivity index (χ0v) is 15.3. The molecule has 1 aliphatic heterocycles. The summed E-state index contributed by atoms with van der Waals surface area (Å²) in [6, 6.07) is 12.0. The van der Waals surface area contributed by atoms with Gasteiger partial charge in [0.15, 0.2) is 0 Å². The number of piperazine rings is 1. The van der Waals surface area contributed by atoms with Crippen LogP contribution in [0.3, 0.4) is 0 Å². The summed E-state index contributed by atoms with van der Waals surface area (Å²) >= 11 is 1.36. The molecule has 0 unspecified atom stereocenters. The Kier molecular flexibility index (Phi) is 5.85. The monoisotopic (exact) mass is 380 g/mol. The molecule has 3 rings (SSSR count). The van der Waals surface area contributed by atoms with Crippen LogP contribution in [0.15, 0.2) is 52.7 Å². The number of thiophene rings is 1. The lowest BCUT2D eigenvalue weighted by Gasteiger charge is -2.33. The highest BCUT2D eigenvalue weighted by atomic mass is 32.2. The Hall–Kier alpha value is -1.74. The van der Waals surface area contributed by atoms with Crippen LogP contribution in [0.5, 0.6) is 0 Å². The lowest BCUT2D eigenvalue weighted by molar-refractivity contribution is 0.0450. The van der Waals surface area contributed by atoms with Gasteiger partial charge in [0.05, 0.1) is 4.90 Å². The van der Waals surface area contributed by atoms with Crippen molar-refractivity contribution in [3.05, 3.63) is 52.7 Å². The second kappa shape index (κ2) is 8.09. The number of benzene rings is 1. The molecule has 8 heteroatoms. The molecule has 0 atom stereocenters. The van der Waals surface area contributed by atoms with E-state index in [1.807, 2.05) is 11.4 Å². The quantitative estimate of drug-likeness (QED) is 0.716. The second-order valence-electron chi connectivity index (χ2n) is 5.67. The van der Waals surface area contributed by atoms with E-state index < -0.39 is 10.0 Å². The molecule has 1 saturated heterocycles. The third-order valence-electron chi connectivity index (χ3n) is 4.08. The predicted molar refractivity (Wildman–Crippen MR) is 96.2 cm³/mol. The zero-order chi connectivity index (χ0) is 17.7.